The Labute approximate surface area is 169 Å². The third-order valence-corrected chi connectivity index (χ3v) is 5.69. The maximum absolute atomic E-state index is 12.0. The van der Waals surface area contributed by atoms with Crippen LogP contribution in [0.4, 0.5) is 4.79 Å². The highest BCUT2D eigenvalue weighted by Gasteiger charge is 2.35. The summed E-state index contributed by atoms with van der Waals surface area (Å²) in [5, 5.41) is 0.296. The van der Waals surface area contributed by atoms with Crippen molar-refractivity contribution in [2.75, 3.05) is 19.3 Å². The molecule has 2 aromatic rings. The molecule has 0 N–H and O–H groups in total. The minimum atomic E-state index is -3.32. The lowest BCUT2D eigenvalue weighted by Gasteiger charge is -2.39. The van der Waals surface area contributed by atoms with Gasteiger partial charge in [-0.25, -0.2) is 13.2 Å². The van der Waals surface area contributed by atoms with Gasteiger partial charge < -0.3 is 9.64 Å². The predicted molar refractivity (Wildman–Crippen MR) is 106 cm³/mol. The van der Waals surface area contributed by atoms with E-state index in [0.717, 1.165) is 11.9 Å². The lowest BCUT2D eigenvalue weighted by atomic mass is 9.97. The molecule has 0 bridgehead atoms. The van der Waals surface area contributed by atoms with Crippen molar-refractivity contribution < 1.29 is 17.9 Å². The van der Waals surface area contributed by atoms with Gasteiger partial charge in [0.15, 0.2) is 9.84 Å². The summed E-state index contributed by atoms with van der Waals surface area (Å²) < 4.78 is 28.6. The van der Waals surface area contributed by atoms with Crippen molar-refractivity contribution in [3.8, 4) is 11.3 Å². The summed E-state index contributed by atoms with van der Waals surface area (Å²) in [7, 11) is -3.32. The van der Waals surface area contributed by atoms with Crippen molar-refractivity contribution in [1.29, 1.82) is 0 Å². The highest BCUT2D eigenvalue weighted by Crippen LogP contribution is 2.31. The number of hydrogen-bond donors (Lipinski definition) is 0. The first-order chi connectivity index (χ1) is 12.9. The first kappa shape index (κ1) is 20.5. The Morgan fingerprint density at radius 2 is 1.89 bits per heavy atom. The quantitative estimate of drug-likeness (QED) is 0.750. The molecule has 28 heavy (non-hydrogen) atoms. The standard InChI is InChI=1S/C19H22ClN3O4S/c1-19(2,3)27-18(24)23-10-12(11-23)16-8-22-17(9-21-16)14-6-5-13(7-15(14)20)28(4,25)26/h5-9,12H,10-11H2,1-4H3. The molecule has 1 amide bonds. The van der Waals surface area contributed by atoms with Gasteiger partial charge in [-0.2, -0.15) is 0 Å². The topological polar surface area (TPSA) is 89.5 Å². The molecular formula is C19H22ClN3O4S. The molecule has 1 aliphatic heterocycles. The van der Waals surface area contributed by atoms with Crippen LogP contribution in [-0.4, -0.2) is 54.3 Å². The SMILES string of the molecule is CC(C)(C)OC(=O)N1CC(c2cnc(-c3ccc(S(C)(=O)=O)cc3Cl)cn2)C1. The Morgan fingerprint density at radius 3 is 2.39 bits per heavy atom. The van der Waals surface area contributed by atoms with Crippen molar-refractivity contribution in [1.82, 2.24) is 14.9 Å². The molecule has 1 aliphatic rings. The third-order valence-electron chi connectivity index (χ3n) is 4.27. The lowest BCUT2D eigenvalue weighted by Crippen LogP contribution is -2.50. The Hall–Kier alpha value is -2.19. The highest BCUT2D eigenvalue weighted by atomic mass is 35.5. The second-order valence-electron chi connectivity index (χ2n) is 7.82. The minimum absolute atomic E-state index is 0.108. The largest absolute Gasteiger partial charge is 0.444 e. The fraction of sp³-hybridized carbons (Fsp3) is 0.421. The molecule has 2 heterocycles. The summed E-state index contributed by atoms with van der Waals surface area (Å²) in [6, 6.07) is 4.53. The zero-order valence-electron chi connectivity index (χ0n) is 16.1. The van der Waals surface area contributed by atoms with E-state index in [2.05, 4.69) is 9.97 Å². The Kier molecular flexibility index (Phi) is 5.38. The van der Waals surface area contributed by atoms with Gasteiger partial charge in [0, 0.05) is 37.0 Å². The Morgan fingerprint density at radius 1 is 1.21 bits per heavy atom. The molecule has 0 aliphatic carbocycles. The van der Waals surface area contributed by atoms with E-state index < -0.39 is 15.4 Å². The van der Waals surface area contributed by atoms with Gasteiger partial charge in [-0.05, 0) is 39.0 Å². The van der Waals surface area contributed by atoms with Crippen molar-refractivity contribution in [3.05, 3.63) is 41.3 Å². The van der Waals surface area contributed by atoms with E-state index in [0.29, 0.717) is 29.4 Å². The van der Waals surface area contributed by atoms with E-state index >= 15 is 0 Å². The van der Waals surface area contributed by atoms with Gasteiger partial charge in [0.05, 0.1) is 27.5 Å². The predicted octanol–water partition coefficient (Wildman–Crippen LogP) is 3.53. The molecule has 0 radical (unpaired) electrons. The van der Waals surface area contributed by atoms with Crippen LogP contribution in [0.2, 0.25) is 5.02 Å². The van der Waals surface area contributed by atoms with Crippen LogP contribution < -0.4 is 0 Å². The number of carbonyl (C=O) groups is 1. The van der Waals surface area contributed by atoms with Gasteiger partial charge in [-0.1, -0.05) is 11.6 Å². The van der Waals surface area contributed by atoms with Crippen LogP contribution in [0.5, 0.6) is 0 Å². The van der Waals surface area contributed by atoms with Crippen LogP contribution in [0.15, 0.2) is 35.5 Å². The number of amides is 1. The highest BCUT2D eigenvalue weighted by molar-refractivity contribution is 7.90. The Bertz CT molecular complexity index is 995. The second-order valence-corrected chi connectivity index (χ2v) is 10.2. The number of aromatic nitrogens is 2. The molecule has 0 atom stereocenters. The number of sulfone groups is 1. The monoisotopic (exact) mass is 423 g/mol. The smallest absolute Gasteiger partial charge is 0.410 e. The van der Waals surface area contributed by atoms with Crippen LogP contribution in [0.25, 0.3) is 11.3 Å². The fourth-order valence-corrected chi connectivity index (χ4v) is 3.75. The van der Waals surface area contributed by atoms with Crippen LogP contribution in [0.1, 0.15) is 32.4 Å². The molecule has 3 rings (SSSR count). The first-order valence-electron chi connectivity index (χ1n) is 8.74. The summed E-state index contributed by atoms with van der Waals surface area (Å²) in [5.41, 5.74) is 1.43. The van der Waals surface area contributed by atoms with Gasteiger partial charge in [0.2, 0.25) is 0 Å². The van der Waals surface area contributed by atoms with Crippen molar-refractivity contribution in [3.63, 3.8) is 0 Å². The number of ether oxygens (including phenoxy) is 1. The number of rotatable bonds is 3. The number of halogens is 1. The van der Waals surface area contributed by atoms with Crippen molar-refractivity contribution in [2.24, 2.45) is 0 Å². The molecule has 0 unspecified atom stereocenters. The molecule has 150 valence electrons. The molecule has 9 heteroatoms. The van der Waals surface area contributed by atoms with E-state index in [4.69, 9.17) is 16.3 Å². The molecule has 1 fully saturated rings. The van der Waals surface area contributed by atoms with E-state index in [9.17, 15) is 13.2 Å². The normalized spacial score (nSPS) is 15.2. The van der Waals surface area contributed by atoms with Gasteiger partial charge in [0.25, 0.3) is 0 Å². The first-order valence-corrected chi connectivity index (χ1v) is 11.0. The average molecular weight is 424 g/mol. The van der Waals surface area contributed by atoms with Crippen LogP contribution >= 0.6 is 11.6 Å². The number of hydrogen-bond acceptors (Lipinski definition) is 6. The average Bonchev–Trinajstić information content (AvgIpc) is 2.51. The van der Waals surface area contributed by atoms with E-state index in [1.54, 1.807) is 23.4 Å². The van der Waals surface area contributed by atoms with Gasteiger partial charge >= 0.3 is 6.09 Å². The molecule has 0 spiro atoms. The minimum Gasteiger partial charge on any atom is -0.444 e. The number of likely N-dealkylation sites (tertiary alicyclic amines) is 1. The van der Waals surface area contributed by atoms with Gasteiger partial charge in [0.1, 0.15) is 5.60 Å². The number of benzene rings is 1. The molecular weight excluding hydrogens is 402 g/mol. The fourth-order valence-electron chi connectivity index (χ4n) is 2.76. The summed E-state index contributed by atoms with van der Waals surface area (Å²) in [6.45, 7) is 6.57. The number of nitrogens with zero attached hydrogens (tertiary/aromatic N) is 3. The molecule has 1 saturated heterocycles. The summed E-state index contributed by atoms with van der Waals surface area (Å²) in [6.07, 6.45) is 4.07. The maximum atomic E-state index is 12.0. The lowest BCUT2D eigenvalue weighted by molar-refractivity contribution is 0.00784. The summed E-state index contributed by atoms with van der Waals surface area (Å²) >= 11 is 6.23. The maximum Gasteiger partial charge on any atom is 0.410 e. The molecule has 7 nitrogen and oxygen atoms in total. The second kappa shape index (κ2) is 7.33. The van der Waals surface area contributed by atoms with Gasteiger partial charge in [-0.3, -0.25) is 9.97 Å². The zero-order chi connectivity index (χ0) is 20.7. The zero-order valence-corrected chi connectivity index (χ0v) is 17.7. The van der Waals surface area contributed by atoms with E-state index in [-0.39, 0.29) is 16.9 Å². The molecule has 1 aromatic carbocycles. The summed E-state index contributed by atoms with van der Waals surface area (Å²) in [4.78, 5) is 22.6. The summed E-state index contributed by atoms with van der Waals surface area (Å²) in [5.74, 6) is 0.108. The van der Waals surface area contributed by atoms with Gasteiger partial charge in [-0.15, -0.1) is 0 Å². The number of carbonyl (C=O) groups excluding carboxylic acids is 1. The third kappa shape index (κ3) is 4.62. The molecule has 1 aromatic heterocycles. The van der Waals surface area contributed by atoms with Crippen LogP contribution in [0.3, 0.4) is 0 Å². The molecule has 0 saturated carbocycles. The van der Waals surface area contributed by atoms with Crippen LogP contribution in [-0.2, 0) is 14.6 Å². The van der Waals surface area contributed by atoms with Crippen LogP contribution in [0, 0.1) is 0 Å². The van der Waals surface area contributed by atoms with E-state index in [1.165, 1.54) is 12.1 Å². The van der Waals surface area contributed by atoms with Crippen molar-refractivity contribution in [2.45, 2.75) is 37.2 Å². The van der Waals surface area contributed by atoms with Crippen molar-refractivity contribution >= 4 is 27.5 Å². The Balaban J connectivity index is 1.68. The van der Waals surface area contributed by atoms with E-state index in [1.807, 2.05) is 20.8 Å².